The molecule has 4 heteroatoms. The fraction of sp³-hybridized carbons (Fsp3) is 0.636. The van der Waals surface area contributed by atoms with Crippen LogP contribution in [0.25, 0.3) is 0 Å². The van der Waals surface area contributed by atoms with E-state index in [1.54, 1.807) is 0 Å². The Bertz CT molecular complexity index is 405. The van der Waals surface area contributed by atoms with Gasteiger partial charge in [0.05, 0.1) is 5.69 Å². The van der Waals surface area contributed by atoms with Crippen LogP contribution in [0.4, 0.5) is 5.82 Å². The molecule has 0 bridgehead atoms. The van der Waals surface area contributed by atoms with Crippen LogP contribution in [0.5, 0.6) is 0 Å². The number of nitrogens with one attached hydrogen (secondary N) is 1. The highest BCUT2D eigenvalue weighted by Gasteiger charge is 2.15. The monoisotopic (exact) mass is 207 g/mol. The summed E-state index contributed by atoms with van der Waals surface area (Å²) in [4.78, 5) is 21.0. The summed E-state index contributed by atoms with van der Waals surface area (Å²) in [6.07, 6.45) is 3.58. The minimum atomic E-state index is -0.0556. The van der Waals surface area contributed by atoms with Gasteiger partial charge in [0.25, 0.3) is 5.56 Å². The number of H-pyrrole nitrogens is 1. The molecule has 15 heavy (non-hydrogen) atoms. The second-order valence-corrected chi connectivity index (χ2v) is 4.15. The van der Waals surface area contributed by atoms with E-state index in [2.05, 4.69) is 14.9 Å². The first kappa shape index (κ1) is 10.2. The van der Waals surface area contributed by atoms with E-state index in [1.807, 2.05) is 13.8 Å². The van der Waals surface area contributed by atoms with Crippen LogP contribution in [0.2, 0.25) is 0 Å². The molecule has 1 aromatic rings. The van der Waals surface area contributed by atoms with Gasteiger partial charge in [0.1, 0.15) is 0 Å². The molecule has 1 aromatic heterocycles. The second-order valence-electron chi connectivity index (χ2n) is 4.15. The highest BCUT2D eigenvalue weighted by molar-refractivity contribution is 5.37. The topological polar surface area (TPSA) is 49.0 Å². The molecular weight excluding hydrogens is 190 g/mol. The van der Waals surface area contributed by atoms with Gasteiger partial charge in [-0.1, -0.05) is 0 Å². The smallest absolute Gasteiger partial charge is 0.291 e. The van der Waals surface area contributed by atoms with E-state index in [4.69, 9.17) is 0 Å². The molecule has 1 saturated heterocycles. The van der Waals surface area contributed by atoms with Crippen LogP contribution >= 0.6 is 0 Å². The molecule has 1 fully saturated rings. The van der Waals surface area contributed by atoms with E-state index >= 15 is 0 Å². The van der Waals surface area contributed by atoms with Gasteiger partial charge < -0.3 is 9.88 Å². The average Bonchev–Trinajstić information content (AvgIpc) is 2.25. The lowest BCUT2D eigenvalue weighted by atomic mass is 10.1. The van der Waals surface area contributed by atoms with Crippen molar-refractivity contribution in [1.29, 1.82) is 0 Å². The van der Waals surface area contributed by atoms with Crippen molar-refractivity contribution in [1.82, 2.24) is 9.97 Å². The van der Waals surface area contributed by atoms with E-state index in [0.29, 0.717) is 5.82 Å². The van der Waals surface area contributed by atoms with Crippen molar-refractivity contribution in [3.63, 3.8) is 0 Å². The Labute approximate surface area is 89.3 Å². The Hall–Kier alpha value is -1.32. The van der Waals surface area contributed by atoms with Crippen molar-refractivity contribution in [2.75, 3.05) is 18.0 Å². The Morgan fingerprint density at radius 2 is 1.87 bits per heavy atom. The molecule has 0 radical (unpaired) electrons. The lowest BCUT2D eigenvalue weighted by Crippen LogP contribution is -2.35. The van der Waals surface area contributed by atoms with Crippen LogP contribution in [-0.2, 0) is 0 Å². The molecule has 0 atom stereocenters. The molecule has 0 unspecified atom stereocenters. The summed E-state index contributed by atoms with van der Waals surface area (Å²) < 4.78 is 0. The highest BCUT2D eigenvalue weighted by atomic mass is 16.1. The number of hydrogen-bond donors (Lipinski definition) is 1. The molecule has 4 nitrogen and oxygen atoms in total. The first-order valence-electron chi connectivity index (χ1n) is 5.51. The van der Waals surface area contributed by atoms with Crippen LogP contribution in [0.3, 0.4) is 0 Å². The van der Waals surface area contributed by atoms with E-state index in [9.17, 15) is 4.79 Å². The second kappa shape index (κ2) is 4.04. The van der Waals surface area contributed by atoms with Crippen molar-refractivity contribution >= 4 is 5.82 Å². The molecule has 0 saturated carbocycles. The van der Waals surface area contributed by atoms with Crippen molar-refractivity contribution in [2.24, 2.45) is 0 Å². The molecule has 0 aromatic carbocycles. The molecule has 2 rings (SSSR count). The van der Waals surface area contributed by atoms with Crippen LogP contribution in [-0.4, -0.2) is 23.1 Å². The van der Waals surface area contributed by atoms with Gasteiger partial charge in [-0.15, -0.1) is 0 Å². The number of anilines is 1. The third-order valence-electron chi connectivity index (χ3n) is 2.98. The normalized spacial score (nSPS) is 16.8. The maximum absolute atomic E-state index is 11.7. The first-order valence-corrected chi connectivity index (χ1v) is 5.51. The standard InChI is InChI=1S/C11H17N3O/c1-8-9(2)13-11(15)10(12-8)14-6-4-3-5-7-14/h3-7H2,1-2H3,(H,13,15). The van der Waals surface area contributed by atoms with Crippen molar-refractivity contribution < 1.29 is 0 Å². The van der Waals surface area contributed by atoms with Crippen molar-refractivity contribution in [2.45, 2.75) is 33.1 Å². The fourth-order valence-electron chi connectivity index (χ4n) is 1.93. The minimum absolute atomic E-state index is 0.0556. The Morgan fingerprint density at radius 3 is 2.53 bits per heavy atom. The van der Waals surface area contributed by atoms with Gasteiger partial charge >= 0.3 is 0 Å². The average molecular weight is 207 g/mol. The van der Waals surface area contributed by atoms with Gasteiger partial charge in [0.15, 0.2) is 5.82 Å². The lowest BCUT2D eigenvalue weighted by Gasteiger charge is -2.27. The maximum atomic E-state index is 11.7. The predicted octanol–water partition coefficient (Wildman–Crippen LogP) is 1.38. The minimum Gasteiger partial charge on any atom is -0.352 e. The van der Waals surface area contributed by atoms with Gasteiger partial charge in [-0.05, 0) is 33.1 Å². The maximum Gasteiger partial charge on any atom is 0.291 e. The Balaban J connectivity index is 2.34. The molecule has 82 valence electrons. The van der Waals surface area contributed by atoms with E-state index in [1.165, 1.54) is 6.42 Å². The number of hydrogen-bond acceptors (Lipinski definition) is 3. The summed E-state index contributed by atoms with van der Waals surface area (Å²) in [5, 5.41) is 0. The number of aromatic amines is 1. The number of piperidine rings is 1. The van der Waals surface area contributed by atoms with Gasteiger partial charge in [-0.3, -0.25) is 4.79 Å². The van der Waals surface area contributed by atoms with Crippen molar-refractivity contribution in [3.8, 4) is 0 Å². The summed E-state index contributed by atoms with van der Waals surface area (Å²) in [5.41, 5.74) is 1.72. The molecule has 1 aliphatic rings. The van der Waals surface area contributed by atoms with E-state index in [0.717, 1.165) is 37.3 Å². The van der Waals surface area contributed by atoms with E-state index < -0.39 is 0 Å². The molecule has 0 aliphatic carbocycles. The SMILES string of the molecule is Cc1nc(N2CCCCC2)c(=O)[nH]c1C. The number of rotatable bonds is 1. The van der Waals surface area contributed by atoms with Crippen molar-refractivity contribution in [3.05, 3.63) is 21.7 Å². The number of aryl methyl sites for hydroxylation is 2. The highest BCUT2D eigenvalue weighted by Crippen LogP contribution is 2.14. The van der Waals surface area contributed by atoms with Crippen LogP contribution in [0, 0.1) is 13.8 Å². The summed E-state index contributed by atoms with van der Waals surface area (Å²) >= 11 is 0. The molecule has 0 spiro atoms. The zero-order chi connectivity index (χ0) is 10.8. The number of aromatic nitrogens is 2. The summed E-state index contributed by atoms with van der Waals surface area (Å²) in [6.45, 7) is 5.72. The first-order chi connectivity index (χ1) is 7.18. The third kappa shape index (κ3) is 2.03. The van der Waals surface area contributed by atoms with Crippen LogP contribution in [0.15, 0.2) is 4.79 Å². The zero-order valence-electron chi connectivity index (χ0n) is 9.34. The summed E-state index contributed by atoms with van der Waals surface area (Å²) in [7, 11) is 0. The van der Waals surface area contributed by atoms with Gasteiger partial charge in [-0.2, -0.15) is 0 Å². The number of nitrogens with zero attached hydrogens (tertiary/aromatic N) is 2. The molecule has 0 amide bonds. The van der Waals surface area contributed by atoms with Crippen LogP contribution < -0.4 is 10.5 Å². The van der Waals surface area contributed by atoms with Gasteiger partial charge in [0.2, 0.25) is 0 Å². The lowest BCUT2D eigenvalue weighted by molar-refractivity contribution is 0.570. The largest absolute Gasteiger partial charge is 0.352 e. The molecule has 2 heterocycles. The Morgan fingerprint density at radius 1 is 1.20 bits per heavy atom. The van der Waals surface area contributed by atoms with Gasteiger partial charge in [0, 0.05) is 18.8 Å². The molecule has 1 aliphatic heterocycles. The third-order valence-corrected chi connectivity index (χ3v) is 2.98. The van der Waals surface area contributed by atoms with Gasteiger partial charge in [-0.25, -0.2) is 4.98 Å². The predicted molar refractivity (Wildman–Crippen MR) is 60.4 cm³/mol. The summed E-state index contributed by atoms with van der Waals surface area (Å²) in [5.74, 6) is 0.595. The summed E-state index contributed by atoms with van der Waals surface area (Å²) in [6, 6.07) is 0. The van der Waals surface area contributed by atoms with E-state index in [-0.39, 0.29) is 5.56 Å². The molecular formula is C11H17N3O. The Kier molecular flexibility index (Phi) is 2.75. The van der Waals surface area contributed by atoms with Crippen LogP contribution in [0.1, 0.15) is 30.7 Å². The quantitative estimate of drug-likeness (QED) is 0.756. The zero-order valence-corrected chi connectivity index (χ0v) is 9.34. The fourth-order valence-corrected chi connectivity index (χ4v) is 1.93. The molecule has 1 N–H and O–H groups in total.